The monoisotopic (exact) mass is 424 g/mol. The van der Waals surface area contributed by atoms with Crippen molar-refractivity contribution in [3.05, 3.63) is 64.9 Å². The Morgan fingerprint density at radius 2 is 1.83 bits per heavy atom. The van der Waals surface area contributed by atoms with E-state index in [-0.39, 0.29) is 11.3 Å². The number of hydrogen-bond acceptors (Lipinski definition) is 4. The lowest BCUT2D eigenvalue weighted by Crippen LogP contribution is -2.30. The van der Waals surface area contributed by atoms with Crippen molar-refractivity contribution < 1.29 is 14.3 Å². The van der Waals surface area contributed by atoms with E-state index in [0.717, 1.165) is 22.6 Å². The maximum atomic E-state index is 12.4. The Hall–Kier alpha value is -2.86. The maximum Gasteiger partial charge on any atom is 0.276 e. The zero-order valence-corrected chi connectivity index (χ0v) is 18.9. The molecular weight excluding hydrogens is 396 g/mol. The minimum absolute atomic E-state index is 0.102. The van der Waals surface area contributed by atoms with Crippen molar-refractivity contribution in [3.63, 3.8) is 0 Å². The Bertz CT molecular complexity index is 975. The Kier molecular flexibility index (Phi) is 6.46. The van der Waals surface area contributed by atoms with E-state index in [1.807, 2.05) is 37.3 Å². The van der Waals surface area contributed by atoms with Crippen LogP contribution in [0.25, 0.3) is 6.08 Å². The molecule has 158 valence electrons. The number of hydrogen-bond donors (Lipinski definition) is 1. The topological polar surface area (TPSA) is 50.8 Å². The summed E-state index contributed by atoms with van der Waals surface area (Å²) in [6.45, 7) is 9.34. The Labute approximate surface area is 183 Å². The van der Waals surface area contributed by atoms with Crippen molar-refractivity contribution >= 4 is 29.3 Å². The van der Waals surface area contributed by atoms with Gasteiger partial charge in [0.2, 0.25) is 0 Å². The molecule has 3 rings (SSSR count). The van der Waals surface area contributed by atoms with Gasteiger partial charge in [-0.05, 0) is 66.0 Å². The second-order valence-corrected chi connectivity index (χ2v) is 8.56. The van der Waals surface area contributed by atoms with Gasteiger partial charge in [-0.3, -0.25) is 9.69 Å². The number of nitrogens with zero attached hydrogens (tertiary/aromatic N) is 1. The average molecular weight is 425 g/mol. The molecule has 6 heteroatoms. The molecule has 0 spiro atoms. The first-order valence-electron chi connectivity index (χ1n) is 9.97. The minimum Gasteiger partial charge on any atom is -0.496 e. The second-order valence-electron chi connectivity index (χ2n) is 8.17. The summed E-state index contributed by atoms with van der Waals surface area (Å²) in [5.41, 5.74) is 3.59. The van der Waals surface area contributed by atoms with Crippen LogP contribution < -0.4 is 14.8 Å². The number of ether oxygens (including phenoxy) is 2. The number of likely N-dealkylation sites (N-methyl/N-ethyl adjacent to an activating group) is 1. The molecule has 2 aromatic carbocycles. The largest absolute Gasteiger partial charge is 0.496 e. The molecule has 0 atom stereocenters. The van der Waals surface area contributed by atoms with Crippen molar-refractivity contribution in [2.45, 2.75) is 39.7 Å². The van der Waals surface area contributed by atoms with Crippen LogP contribution in [-0.4, -0.2) is 29.6 Å². The minimum atomic E-state index is -0.116. The van der Waals surface area contributed by atoms with E-state index in [0.29, 0.717) is 24.0 Å². The molecule has 0 unspecified atom stereocenters. The van der Waals surface area contributed by atoms with Gasteiger partial charge in [0.05, 0.1) is 7.11 Å². The van der Waals surface area contributed by atoms with E-state index in [1.54, 1.807) is 13.2 Å². The number of amides is 1. The summed E-state index contributed by atoms with van der Waals surface area (Å²) in [7, 11) is 1.63. The van der Waals surface area contributed by atoms with Crippen LogP contribution in [0, 0.1) is 0 Å². The zero-order chi connectivity index (χ0) is 21.9. The number of carbonyl (C=O) groups is 1. The highest BCUT2D eigenvalue weighted by Gasteiger charge is 2.29. The van der Waals surface area contributed by atoms with E-state index in [9.17, 15) is 4.79 Å². The van der Waals surface area contributed by atoms with Crippen LogP contribution in [0.1, 0.15) is 44.4 Å². The fourth-order valence-electron chi connectivity index (χ4n) is 3.24. The summed E-state index contributed by atoms with van der Waals surface area (Å²) in [5, 5.41) is 3.42. The number of carbonyl (C=O) groups excluding carboxylic acids is 1. The summed E-state index contributed by atoms with van der Waals surface area (Å²) in [5.74, 6) is 1.42. The van der Waals surface area contributed by atoms with Crippen LogP contribution >= 0.6 is 12.2 Å². The lowest BCUT2D eigenvalue weighted by molar-refractivity contribution is -0.122. The quantitative estimate of drug-likeness (QED) is 0.540. The lowest BCUT2D eigenvalue weighted by atomic mass is 9.87. The molecule has 0 aliphatic carbocycles. The molecule has 1 amide bonds. The molecule has 1 N–H and O–H groups in total. The molecule has 0 saturated carbocycles. The highest BCUT2D eigenvalue weighted by Crippen LogP contribution is 2.27. The van der Waals surface area contributed by atoms with Crippen molar-refractivity contribution in [1.29, 1.82) is 0 Å². The molecule has 30 heavy (non-hydrogen) atoms. The van der Waals surface area contributed by atoms with E-state index in [1.165, 1.54) is 10.5 Å². The predicted octanol–water partition coefficient (Wildman–Crippen LogP) is 4.65. The molecular formula is C24H28N2O3S. The SMILES string of the molecule is CCN1C(=O)/C(=C\c2ccc(OC)c(COc3ccc(C(C)(C)C)cc3)c2)NC1=S. The number of benzene rings is 2. The first-order valence-corrected chi connectivity index (χ1v) is 10.4. The van der Waals surface area contributed by atoms with Crippen LogP contribution in [-0.2, 0) is 16.8 Å². The van der Waals surface area contributed by atoms with Gasteiger partial charge in [-0.1, -0.05) is 39.0 Å². The van der Waals surface area contributed by atoms with Crippen molar-refractivity contribution in [2.75, 3.05) is 13.7 Å². The third kappa shape index (κ3) is 4.82. The fraction of sp³-hybridized carbons (Fsp3) is 0.333. The maximum absolute atomic E-state index is 12.4. The molecule has 0 bridgehead atoms. The van der Waals surface area contributed by atoms with Gasteiger partial charge in [-0.2, -0.15) is 0 Å². The fourth-order valence-corrected chi connectivity index (χ4v) is 3.56. The number of methoxy groups -OCH3 is 1. The Morgan fingerprint density at radius 1 is 1.13 bits per heavy atom. The van der Waals surface area contributed by atoms with Gasteiger partial charge in [0, 0.05) is 12.1 Å². The van der Waals surface area contributed by atoms with Crippen LogP contribution in [0.3, 0.4) is 0 Å². The second kappa shape index (κ2) is 8.88. The van der Waals surface area contributed by atoms with E-state index in [4.69, 9.17) is 21.7 Å². The number of nitrogens with one attached hydrogen (secondary N) is 1. The van der Waals surface area contributed by atoms with Crippen molar-refractivity contribution in [1.82, 2.24) is 10.2 Å². The van der Waals surface area contributed by atoms with Gasteiger partial charge in [0.1, 0.15) is 23.8 Å². The van der Waals surface area contributed by atoms with E-state index < -0.39 is 0 Å². The van der Waals surface area contributed by atoms with Crippen molar-refractivity contribution in [2.24, 2.45) is 0 Å². The van der Waals surface area contributed by atoms with Gasteiger partial charge in [0.25, 0.3) is 5.91 Å². The van der Waals surface area contributed by atoms with Crippen LogP contribution in [0.2, 0.25) is 0 Å². The molecule has 2 aromatic rings. The van der Waals surface area contributed by atoms with E-state index in [2.05, 4.69) is 38.2 Å². The molecule has 5 nitrogen and oxygen atoms in total. The van der Waals surface area contributed by atoms with Gasteiger partial charge >= 0.3 is 0 Å². The third-order valence-electron chi connectivity index (χ3n) is 5.01. The van der Waals surface area contributed by atoms with Crippen LogP contribution in [0.4, 0.5) is 0 Å². The third-order valence-corrected chi connectivity index (χ3v) is 5.33. The summed E-state index contributed by atoms with van der Waals surface area (Å²) in [4.78, 5) is 14.0. The standard InChI is InChI=1S/C24H28N2O3S/c1-6-26-22(27)20(25-23(26)30)14-16-7-12-21(28-5)17(13-16)15-29-19-10-8-18(9-11-19)24(2,3)4/h7-14H,6,15H2,1-5H3,(H,25,30)/b20-14+. The Balaban J connectivity index is 1.78. The molecule has 0 aromatic heterocycles. The summed E-state index contributed by atoms with van der Waals surface area (Å²) < 4.78 is 11.5. The highest BCUT2D eigenvalue weighted by atomic mass is 32.1. The van der Waals surface area contributed by atoms with Gasteiger partial charge in [-0.15, -0.1) is 0 Å². The molecule has 1 aliphatic heterocycles. The van der Waals surface area contributed by atoms with Gasteiger partial charge in [0.15, 0.2) is 5.11 Å². The summed E-state index contributed by atoms with van der Waals surface area (Å²) in [6.07, 6.45) is 1.80. The molecule has 1 aliphatic rings. The molecule has 1 heterocycles. The lowest BCUT2D eigenvalue weighted by Gasteiger charge is -2.19. The number of thiocarbonyl (C=S) groups is 1. The molecule has 0 radical (unpaired) electrons. The van der Waals surface area contributed by atoms with Crippen molar-refractivity contribution in [3.8, 4) is 11.5 Å². The highest BCUT2D eigenvalue weighted by molar-refractivity contribution is 7.80. The van der Waals surface area contributed by atoms with Gasteiger partial charge in [-0.25, -0.2) is 0 Å². The van der Waals surface area contributed by atoms with Crippen LogP contribution in [0.15, 0.2) is 48.2 Å². The predicted molar refractivity (Wildman–Crippen MR) is 124 cm³/mol. The normalized spacial score (nSPS) is 15.5. The Morgan fingerprint density at radius 3 is 2.40 bits per heavy atom. The average Bonchev–Trinajstić information content (AvgIpc) is 2.98. The number of rotatable bonds is 6. The summed E-state index contributed by atoms with van der Waals surface area (Å²) >= 11 is 5.22. The molecule has 1 fully saturated rings. The smallest absolute Gasteiger partial charge is 0.276 e. The van der Waals surface area contributed by atoms with Gasteiger partial charge < -0.3 is 14.8 Å². The first-order chi connectivity index (χ1) is 14.2. The van der Waals surface area contributed by atoms with Crippen LogP contribution in [0.5, 0.6) is 11.5 Å². The summed E-state index contributed by atoms with van der Waals surface area (Å²) in [6, 6.07) is 13.9. The van der Waals surface area contributed by atoms with E-state index >= 15 is 0 Å². The zero-order valence-electron chi connectivity index (χ0n) is 18.1. The molecule has 1 saturated heterocycles. The first kappa shape index (κ1) is 21.8.